The highest BCUT2D eigenvalue weighted by Gasteiger charge is 2.36. The zero-order valence-electron chi connectivity index (χ0n) is 21.5. The summed E-state index contributed by atoms with van der Waals surface area (Å²) in [6.45, 7) is 12.3. The van der Waals surface area contributed by atoms with Crippen molar-refractivity contribution in [2.24, 2.45) is 23.2 Å². The Morgan fingerprint density at radius 3 is 2.31 bits per heavy atom. The topological polar surface area (TPSA) is 72.8 Å². The number of aliphatic hydroxyl groups excluding tert-OH is 1. The van der Waals surface area contributed by atoms with Crippen LogP contribution in [-0.4, -0.2) is 36.4 Å². The average molecular weight is 455 g/mol. The maximum atomic E-state index is 12.2. The van der Waals surface area contributed by atoms with Gasteiger partial charge in [0.1, 0.15) is 0 Å². The fourth-order valence-electron chi connectivity index (χ4n) is 5.35. The van der Waals surface area contributed by atoms with E-state index >= 15 is 0 Å². The van der Waals surface area contributed by atoms with Gasteiger partial charge in [0.15, 0.2) is 0 Å². The maximum Gasteiger partial charge on any atom is 0.308 e. The summed E-state index contributed by atoms with van der Waals surface area (Å²) in [7, 11) is 0. The van der Waals surface area contributed by atoms with Gasteiger partial charge in [-0.15, -0.1) is 0 Å². The summed E-state index contributed by atoms with van der Waals surface area (Å²) in [5, 5.41) is 10.1. The number of hydrogen-bond acceptors (Lipinski definition) is 5. The highest BCUT2D eigenvalue weighted by molar-refractivity contribution is 5.73. The number of carbonyl (C=O) groups excluding carboxylic acids is 2. The lowest BCUT2D eigenvalue weighted by Gasteiger charge is -2.43. The van der Waals surface area contributed by atoms with Gasteiger partial charge in [0.2, 0.25) is 0 Å². The number of unbranched alkanes of at least 4 members (excludes halogenated alkanes) is 3. The molecule has 5 nitrogen and oxygen atoms in total. The lowest BCUT2D eigenvalue weighted by atomic mass is 9.62. The Morgan fingerprint density at radius 1 is 1.00 bits per heavy atom. The van der Waals surface area contributed by atoms with E-state index in [1.807, 2.05) is 0 Å². The Kier molecular flexibility index (Phi) is 14.2. The maximum absolute atomic E-state index is 12.2. The van der Waals surface area contributed by atoms with Gasteiger partial charge in [0.25, 0.3) is 0 Å². The standard InChI is InChI=1S/C27H50O5/c1-6-8-9-10-17-31-25(29)18-23(28)19-26(30)32-20-22(12-7-2)14-15-24-21(3)13-11-16-27(24,4)5/h21-24,28H,6-20H2,1-5H3. The molecule has 0 aromatic carbocycles. The molecule has 4 atom stereocenters. The quantitative estimate of drug-likeness (QED) is 0.214. The average Bonchev–Trinajstić information content (AvgIpc) is 2.70. The molecule has 0 heterocycles. The molecule has 4 unspecified atom stereocenters. The molecule has 0 radical (unpaired) electrons. The first-order chi connectivity index (χ1) is 15.2. The molecule has 188 valence electrons. The highest BCUT2D eigenvalue weighted by atomic mass is 16.5. The second-order valence-corrected chi connectivity index (χ2v) is 10.7. The minimum absolute atomic E-state index is 0.156. The van der Waals surface area contributed by atoms with Gasteiger partial charge >= 0.3 is 11.9 Å². The van der Waals surface area contributed by atoms with E-state index in [4.69, 9.17) is 9.47 Å². The molecule has 0 spiro atoms. The largest absolute Gasteiger partial charge is 0.466 e. The number of esters is 2. The van der Waals surface area contributed by atoms with Gasteiger partial charge in [-0.1, -0.05) is 73.1 Å². The van der Waals surface area contributed by atoms with E-state index in [0.29, 0.717) is 24.5 Å². The number of hydrogen-bond donors (Lipinski definition) is 1. The molecule has 1 rings (SSSR count). The van der Waals surface area contributed by atoms with Crippen molar-refractivity contribution in [2.75, 3.05) is 13.2 Å². The van der Waals surface area contributed by atoms with Gasteiger partial charge in [0.05, 0.1) is 32.2 Å². The van der Waals surface area contributed by atoms with Crippen LogP contribution in [0.1, 0.15) is 118 Å². The van der Waals surface area contributed by atoms with E-state index < -0.39 is 18.0 Å². The van der Waals surface area contributed by atoms with Crippen molar-refractivity contribution < 1.29 is 24.2 Å². The summed E-state index contributed by atoms with van der Waals surface area (Å²) in [5.41, 5.74) is 0.389. The van der Waals surface area contributed by atoms with E-state index in [0.717, 1.165) is 56.8 Å². The van der Waals surface area contributed by atoms with Gasteiger partial charge < -0.3 is 14.6 Å². The fraction of sp³-hybridized carbons (Fsp3) is 0.926. The van der Waals surface area contributed by atoms with Gasteiger partial charge in [-0.3, -0.25) is 9.59 Å². The van der Waals surface area contributed by atoms with Crippen LogP contribution >= 0.6 is 0 Å². The summed E-state index contributed by atoms with van der Waals surface area (Å²) >= 11 is 0. The summed E-state index contributed by atoms with van der Waals surface area (Å²) in [6, 6.07) is 0. The van der Waals surface area contributed by atoms with Crippen molar-refractivity contribution in [3.05, 3.63) is 0 Å². The first kappa shape index (κ1) is 28.9. The van der Waals surface area contributed by atoms with Crippen molar-refractivity contribution in [2.45, 2.75) is 124 Å². The van der Waals surface area contributed by atoms with Crippen LogP contribution in [0.5, 0.6) is 0 Å². The van der Waals surface area contributed by atoms with Crippen LogP contribution in [0.3, 0.4) is 0 Å². The van der Waals surface area contributed by atoms with Crippen molar-refractivity contribution in [1.29, 1.82) is 0 Å². The third kappa shape index (κ3) is 11.7. The fourth-order valence-corrected chi connectivity index (χ4v) is 5.35. The summed E-state index contributed by atoms with van der Waals surface area (Å²) in [6.07, 6.45) is 11.1. The lowest BCUT2D eigenvalue weighted by molar-refractivity contribution is -0.150. The molecule has 0 aliphatic heterocycles. The van der Waals surface area contributed by atoms with E-state index in [1.165, 1.54) is 25.7 Å². The van der Waals surface area contributed by atoms with Crippen LogP contribution in [0.4, 0.5) is 0 Å². The van der Waals surface area contributed by atoms with Gasteiger partial charge in [-0.2, -0.15) is 0 Å². The predicted octanol–water partition coefficient (Wildman–Crippen LogP) is 6.45. The monoisotopic (exact) mass is 454 g/mol. The SMILES string of the molecule is CCCCCCOC(=O)CC(O)CC(=O)OCC(CCC)CCC1C(C)CCCC1(C)C. The van der Waals surface area contributed by atoms with E-state index in [9.17, 15) is 14.7 Å². The molecule has 32 heavy (non-hydrogen) atoms. The van der Waals surface area contributed by atoms with Crippen LogP contribution in [-0.2, 0) is 19.1 Å². The first-order valence-corrected chi connectivity index (χ1v) is 13.2. The third-order valence-corrected chi connectivity index (χ3v) is 7.30. The Balaban J connectivity index is 2.33. The Bertz CT molecular complexity index is 530. The van der Waals surface area contributed by atoms with E-state index in [1.54, 1.807) is 0 Å². The predicted molar refractivity (Wildman–Crippen MR) is 129 cm³/mol. The molecule has 0 aromatic rings. The van der Waals surface area contributed by atoms with Crippen LogP contribution in [0.2, 0.25) is 0 Å². The minimum Gasteiger partial charge on any atom is -0.466 e. The Labute approximate surface area is 197 Å². The number of rotatable bonds is 16. The van der Waals surface area contributed by atoms with Crippen LogP contribution < -0.4 is 0 Å². The van der Waals surface area contributed by atoms with E-state index in [2.05, 4.69) is 34.6 Å². The summed E-state index contributed by atoms with van der Waals surface area (Å²) in [5.74, 6) is 0.959. The van der Waals surface area contributed by atoms with Crippen molar-refractivity contribution in [3.8, 4) is 0 Å². The molecule has 1 N–H and O–H groups in total. The molecule has 0 amide bonds. The van der Waals surface area contributed by atoms with Crippen molar-refractivity contribution >= 4 is 11.9 Å². The minimum atomic E-state index is -1.04. The second kappa shape index (κ2) is 15.7. The second-order valence-electron chi connectivity index (χ2n) is 10.7. The summed E-state index contributed by atoms with van der Waals surface area (Å²) in [4.78, 5) is 24.0. The molecule has 0 saturated heterocycles. The molecule has 1 aliphatic carbocycles. The number of carbonyl (C=O) groups is 2. The number of aliphatic hydroxyl groups is 1. The van der Waals surface area contributed by atoms with Crippen LogP contribution in [0, 0.1) is 23.2 Å². The molecular weight excluding hydrogens is 404 g/mol. The lowest BCUT2D eigenvalue weighted by Crippen LogP contribution is -2.34. The normalized spacial score (nSPS) is 22.2. The van der Waals surface area contributed by atoms with Crippen molar-refractivity contribution in [1.82, 2.24) is 0 Å². The smallest absolute Gasteiger partial charge is 0.308 e. The van der Waals surface area contributed by atoms with Crippen LogP contribution in [0.15, 0.2) is 0 Å². The third-order valence-electron chi connectivity index (χ3n) is 7.30. The van der Waals surface area contributed by atoms with Crippen LogP contribution in [0.25, 0.3) is 0 Å². The molecule has 5 heteroatoms. The molecule has 1 aliphatic rings. The molecule has 0 bridgehead atoms. The van der Waals surface area contributed by atoms with Gasteiger partial charge in [0, 0.05) is 0 Å². The van der Waals surface area contributed by atoms with E-state index in [-0.39, 0.29) is 12.8 Å². The zero-order valence-corrected chi connectivity index (χ0v) is 21.5. The first-order valence-electron chi connectivity index (χ1n) is 13.2. The Hall–Kier alpha value is -1.10. The van der Waals surface area contributed by atoms with Gasteiger partial charge in [-0.05, 0) is 55.3 Å². The Morgan fingerprint density at radius 2 is 1.69 bits per heavy atom. The highest BCUT2D eigenvalue weighted by Crippen LogP contribution is 2.46. The molecule has 1 saturated carbocycles. The zero-order chi connectivity index (χ0) is 24.0. The summed E-state index contributed by atoms with van der Waals surface area (Å²) < 4.78 is 10.6. The van der Waals surface area contributed by atoms with Gasteiger partial charge in [-0.25, -0.2) is 0 Å². The molecule has 0 aromatic heterocycles. The van der Waals surface area contributed by atoms with Crippen molar-refractivity contribution in [3.63, 3.8) is 0 Å². The molecule has 1 fully saturated rings. The number of ether oxygens (including phenoxy) is 2. The molecular formula is C27H50O5.